The van der Waals surface area contributed by atoms with E-state index in [1.807, 2.05) is 0 Å². The van der Waals surface area contributed by atoms with Crippen LogP contribution in [0.3, 0.4) is 0 Å². The number of ketones is 1. The Morgan fingerprint density at radius 1 is 1.62 bits per heavy atom. The maximum atomic E-state index is 11.3. The number of hydrogen-bond acceptors (Lipinski definition) is 4. The molecule has 0 saturated carbocycles. The molecule has 0 aliphatic rings. The molecule has 5 heteroatoms. The molecular formula is C8H7BrO3S. The number of carbonyl (C=O) groups is 2. The van der Waals surface area contributed by atoms with Crippen LogP contribution in [0.1, 0.15) is 16.1 Å². The number of Topliss-reactive ketones (excluding diaryl/α,β-unsaturated/α-hetero) is 1. The second-order valence-corrected chi connectivity index (χ2v) is 4.13. The first-order valence-electron chi connectivity index (χ1n) is 3.47. The zero-order chi connectivity index (χ0) is 9.84. The van der Waals surface area contributed by atoms with Crippen molar-refractivity contribution in [3.63, 3.8) is 0 Å². The van der Waals surface area contributed by atoms with Gasteiger partial charge in [0.05, 0.1) is 12.0 Å². The van der Waals surface area contributed by atoms with Crippen molar-refractivity contribution < 1.29 is 14.3 Å². The lowest BCUT2D eigenvalue weighted by Crippen LogP contribution is -2.07. The van der Waals surface area contributed by atoms with Crippen molar-refractivity contribution in [3.05, 3.63) is 20.8 Å². The van der Waals surface area contributed by atoms with Crippen LogP contribution >= 0.6 is 27.3 Å². The summed E-state index contributed by atoms with van der Waals surface area (Å²) in [5.41, 5.74) is 0. The number of thiophene rings is 1. The topological polar surface area (TPSA) is 43.4 Å². The molecule has 1 rings (SSSR count). The predicted molar refractivity (Wildman–Crippen MR) is 53.0 cm³/mol. The molecule has 1 aromatic rings. The SMILES string of the molecule is COC(=O)CC(=O)c1cc(Br)cs1. The van der Waals surface area contributed by atoms with Gasteiger partial charge in [0, 0.05) is 9.85 Å². The van der Waals surface area contributed by atoms with Crippen molar-refractivity contribution in [2.45, 2.75) is 6.42 Å². The Morgan fingerprint density at radius 3 is 2.77 bits per heavy atom. The van der Waals surface area contributed by atoms with Crippen LogP contribution < -0.4 is 0 Å². The van der Waals surface area contributed by atoms with Gasteiger partial charge in [-0.05, 0) is 22.0 Å². The summed E-state index contributed by atoms with van der Waals surface area (Å²) in [5.74, 6) is -0.711. The van der Waals surface area contributed by atoms with Crippen molar-refractivity contribution in [1.82, 2.24) is 0 Å². The van der Waals surface area contributed by atoms with E-state index < -0.39 is 5.97 Å². The molecule has 3 nitrogen and oxygen atoms in total. The minimum atomic E-state index is -0.505. The Labute approximate surface area is 87.8 Å². The van der Waals surface area contributed by atoms with Gasteiger partial charge in [0.2, 0.25) is 0 Å². The van der Waals surface area contributed by atoms with Gasteiger partial charge in [-0.25, -0.2) is 0 Å². The summed E-state index contributed by atoms with van der Waals surface area (Å²) in [4.78, 5) is 22.6. The average Bonchev–Trinajstić information content (AvgIpc) is 2.51. The molecule has 1 heterocycles. The van der Waals surface area contributed by atoms with Gasteiger partial charge in [-0.1, -0.05) is 0 Å². The van der Waals surface area contributed by atoms with Crippen LogP contribution in [0.5, 0.6) is 0 Å². The first-order valence-corrected chi connectivity index (χ1v) is 5.15. The second-order valence-electron chi connectivity index (χ2n) is 2.31. The van der Waals surface area contributed by atoms with E-state index >= 15 is 0 Å². The molecule has 0 radical (unpaired) electrons. The van der Waals surface area contributed by atoms with Crippen molar-refractivity contribution in [1.29, 1.82) is 0 Å². The summed E-state index contributed by atoms with van der Waals surface area (Å²) in [6, 6.07) is 1.69. The molecule has 0 N–H and O–H groups in total. The van der Waals surface area contributed by atoms with Gasteiger partial charge >= 0.3 is 5.97 Å². The highest BCUT2D eigenvalue weighted by atomic mass is 79.9. The quantitative estimate of drug-likeness (QED) is 0.477. The molecule has 70 valence electrons. The number of hydrogen-bond donors (Lipinski definition) is 0. The van der Waals surface area contributed by atoms with Crippen molar-refractivity contribution in [2.24, 2.45) is 0 Å². The summed E-state index contributed by atoms with van der Waals surface area (Å²) >= 11 is 4.53. The lowest BCUT2D eigenvalue weighted by molar-refractivity contribution is -0.139. The highest BCUT2D eigenvalue weighted by Gasteiger charge is 2.13. The zero-order valence-electron chi connectivity index (χ0n) is 6.87. The number of methoxy groups -OCH3 is 1. The van der Waals surface area contributed by atoms with Gasteiger partial charge < -0.3 is 4.74 Å². The van der Waals surface area contributed by atoms with Gasteiger partial charge in [-0.3, -0.25) is 9.59 Å². The minimum absolute atomic E-state index is 0.191. The van der Waals surface area contributed by atoms with E-state index in [2.05, 4.69) is 20.7 Å². The van der Waals surface area contributed by atoms with E-state index in [-0.39, 0.29) is 12.2 Å². The maximum Gasteiger partial charge on any atom is 0.313 e. The maximum absolute atomic E-state index is 11.3. The van der Waals surface area contributed by atoms with Gasteiger partial charge in [0.25, 0.3) is 0 Å². The van der Waals surface area contributed by atoms with Crippen LogP contribution in [0.25, 0.3) is 0 Å². The fourth-order valence-electron chi connectivity index (χ4n) is 0.750. The van der Waals surface area contributed by atoms with Crippen molar-refractivity contribution in [2.75, 3.05) is 7.11 Å². The Morgan fingerprint density at radius 2 is 2.31 bits per heavy atom. The van der Waals surface area contributed by atoms with Crippen molar-refractivity contribution in [3.8, 4) is 0 Å². The number of rotatable bonds is 3. The normalized spacial score (nSPS) is 9.69. The van der Waals surface area contributed by atoms with Gasteiger partial charge in [-0.2, -0.15) is 0 Å². The summed E-state index contributed by atoms with van der Waals surface area (Å²) in [6.07, 6.45) is -0.191. The molecule has 0 aliphatic heterocycles. The lowest BCUT2D eigenvalue weighted by Gasteiger charge is -1.95. The summed E-state index contributed by atoms with van der Waals surface area (Å²) < 4.78 is 5.23. The fraction of sp³-hybridized carbons (Fsp3) is 0.250. The van der Waals surface area contributed by atoms with Crippen molar-refractivity contribution >= 4 is 39.0 Å². The standard InChI is InChI=1S/C8H7BrO3S/c1-12-8(11)3-6(10)7-2-5(9)4-13-7/h2,4H,3H2,1H3. The van der Waals surface area contributed by atoms with Gasteiger partial charge in [0.15, 0.2) is 5.78 Å². The summed E-state index contributed by atoms with van der Waals surface area (Å²) in [6.45, 7) is 0. The molecule has 0 unspecified atom stereocenters. The van der Waals surface area contributed by atoms with Gasteiger partial charge in [-0.15, -0.1) is 11.3 Å². The molecule has 1 aromatic heterocycles. The molecule has 0 spiro atoms. The van der Waals surface area contributed by atoms with E-state index in [1.165, 1.54) is 18.4 Å². The Kier molecular flexibility index (Phi) is 3.62. The molecule has 0 fully saturated rings. The number of esters is 1. The fourth-order valence-corrected chi connectivity index (χ4v) is 2.12. The summed E-state index contributed by atoms with van der Waals surface area (Å²) in [5, 5.41) is 1.80. The minimum Gasteiger partial charge on any atom is -0.469 e. The highest BCUT2D eigenvalue weighted by Crippen LogP contribution is 2.20. The first-order chi connectivity index (χ1) is 6.13. The monoisotopic (exact) mass is 262 g/mol. The van der Waals surface area contributed by atoms with Crippen LogP contribution in [-0.2, 0) is 9.53 Å². The summed E-state index contributed by atoms with van der Waals surface area (Å²) in [7, 11) is 1.26. The molecule has 0 aromatic carbocycles. The Bertz CT molecular complexity index is 332. The molecule has 0 atom stereocenters. The van der Waals surface area contributed by atoms with Crippen LogP contribution in [0, 0.1) is 0 Å². The van der Waals surface area contributed by atoms with E-state index in [9.17, 15) is 9.59 Å². The predicted octanol–water partition coefficient (Wildman–Crippen LogP) is 2.26. The van der Waals surface area contributed by atoms with Crippen LogP contribution in [-0.4, -0.2) is 18.9 Å². The molecule has 0 aliphatic carbocycles. The third-order valence-electron chi connectivity index (χ3n) is 1.37. The van der Waals surface area contributed by atoms with Gasteiger partial charge in [0.1, 0.15) is 6.42 Å². The van der Waals surface area contributed by atoms with E-state index in [0.717, 1.165) is 4.47 Å². The van der Waals surface area contributed by atoms with Crippen LogP contribution in [0.15, 0.2) is 15.9 Å². The molecule has 0 saturated heterocycles. The third-order valence-corrected chi connectivity index (χ3v) is 3.11. The first kappa shape index (κ1) is 10.4. The number of ether oxygens (including phenoxy) is 1. The number of halogens is 1. The van der Waals surface area contributed by atoms with E-state index in [4.69, 9.17) is 0 Å². The molecule has 0 bridgehead atoms. The molecular weight excluding hydrogens is 256 g/mol. The Balaban J connectivity index is 2.64. The van der Waals surface area contributed by atoms with E-state index in [1.54, 1.807) is 11.4 Å². The van der Waals surface area contributed by atoms with Crippen LogP contribution in [0.4, 0.5) is 0 Å². The molecule has 13 heavy (non-hydrogen) atoms. The number of carbonyl (C=O) groups excluding carboxylic acids is 2. The lowest BCUT2D eigenvalue weighted by atomic mass is 10.2. The highest BCUT2D eigenvalue weighted by molar-refractivity contribution is 9.10. The zero-order valence-corrected chi connectivity index (χ0v) is 9.28. The largest absolute Gasteiger partial charge is 0.469 e. The third kappa shape index (κ3) is 2.93. The molecule has 0 amide bonds. The average molecular weight is 263 g/mol. The van der Waals surface area contributed by atoms with E-state index in [0.29, 0.717) is 4.88 Å². The smallest absolute Gasteiger partial charge is 0.313 e. The second kappa shape index (κ2) is 4.53. The van der Waals surface area contributed by atoms with Crippen LogP contribution in [0.2, 0.25) is 0 Å². The Hall–Kier alpha value is -0.680.